The number of nitrogen functional groups attached to an aromatic ring is 1. The molecule has 0 unspecified atom stereocenters. The first-order chi connectivity index (χ1) is 10.1. The van der Waals surface area contributed by atoms with Gasteiger partial charge in [-0.15, -0.1) is 0 Å². The van der Waals surface area contributed by atoms with E-state index in [-0.39, 0.29) is 5.69 Å². The Labute approximate surface area is 120 Å². The minimum atomic E-state index is -0.471. The molecule has 3 rings (SSSR count). The highest BCUT2D eigenvalue weighted by molar-refractivity contribution is 5.86. The van der Waals surface area contributed by atoms with E-state index in [9.17, 15) is 4.79 Å². The topological polar surface area (TPSA) is 100 Å². The fraction of sp³-hybridized carbons (Fsp3) is 0.231. The molecule has 8 nitrogen and oxygen atoms in total. The van der Waals surface area contributed by atoms with Crippen LogP contribution in [0.1, 0.15) is 21.9 Å². The zero-order valence-electron chi connectivity index (χ0n) is 11.6. The molecular weight excluding hydrogens is 272 g/mol. The van der Waals surface area contributed by atoms with Crippen molar-refractivity contribution in [1.29, 1.82) is 0 Å². The van der Waals surface area contributed by atoms with Crippen LogP contribution in [-0.2, 0) is 11.3 Å². The number of carbonyl (C=O) groups excluding carboxylic acids is 1. The number of nitrogens with zero attached hydrogens (tertiary/aromatic N) is 5. The van der Waals surface area contributed by atoms with Gasteiger partial charge in [0.1, 0.15) is 11.5 Å². The summed E-state index contributed by atoms with van der Waals surface area (Å²) in [6, 6.07) is 0. The molecule has 3 aromatic heterocycles. The third-order valence-corrected chi connectivity index (χ3v) is 3.01. The molecule has 8 heteroatoms. The number of nitrogens with two attached hydrogens (primary N) is 1. The molecule has 0 atom stereocenters. The third-order valence-electron chi connectivity index (χ3n) is 3.01. The van der Waals surface area contributed by atoms with Crippen LogP contribution in [-0.4, -0.2) is 37.0 Å². The van der Waals surface area contributed by atoms with Crippen LogP contribution in [0.4, 0.5) is 5.82 Å². The third kappa shape index (κ3) is 2.42. The lowest BCUT2D eigenvalue weighted by Gasteiger charge is -2.05. The summed E-state index contributed by atoms with van der Waals surface area (Å²) in [6.45, 7) is 2.33. The first kappa shape index (κ1) is 13.1. The molecule has 3 heterocycles. The van der Waals surface area contributed by atoms with Crippen molar-refractivity contribution in [3.8, 4) is 0 Å². The number of hydrogen-bond acceptors (Lipinski definition) is 6. The first-order valence-electron chi connectivity index (χ1n) is 6.27. The van der Waals surface area contributed by atoms with E-state index in [4.69, 9.17) is 5.73 Å². The molecular formula is C13H14N6O2. The molecule has 0 spiro atoms. The summed E-state index contributed by atoms with van der Waals surface area (Å²) in [4.78, 5) is 24.1. The van der Waals surface area contributed by atoms with Gasteiger partial charge >= 0.3 is 5.97 Å². The SMILES string of the molecule is COC(=O)c1cn(Cc2nc(C)cn3cc(N)nc23)cn1. The second kappa shape index (κ2) is 4.89. The van der Waals surface area contributed by atoms with Gasteiger partial charge in [-0.25, -0.2) is 14.8 Å². The van der Waals surface area contributed by atoms with Crippen LogP contribution in [0.5, 0.6) is 0 Å². The number of hydrogen-bond donors (Lipinski definition) is 1. The van der Waals surface area contributed by atoms with E-state index in [1.807, 2.05) is 17.5 Å². The minimum absolute atomic E-state index is 0.254. The number of ether oxygens (including phenoxy) is 1. The van der Waals surface area contributed by atoms with E-state index in [2.05, 4.69) is 19.7 Å². The molecule has 0 aliphatic carbocycles. The molecule has 0 bridgehead atoms. The molecule has 0 fully saturated rings. The predicted octanol–water partition coefficient (Wildman–Crippen LogP) is 0.651. The Morgan fingerprint density at radius 2 is 2.14 bits per heavy atom. The van der Waals surface area contributed by atoms with E-state index in [0.29, 0.717) is 18.0 Å². The van der Waals surface area contributed by atoms with Gasteiger partial charge < -0.3 is 19.4 Å². The fourth-order valence-corrected chi connectivity index (χ4v) is 2.15. The van der Waals surface area contributed by atoms with Gasteiger partial charge in [-0.2, -0.15) is 0 Å². The van der Waals surface area contributed by atoms with Gasteiger partial charge in [0.05, 0.1) is 31.9 Å². The number of anilines is 1. The van der Waals surface area contributed by atoms with Crippen LogP contribution in [0.25, 0.3) is 5.65 Å². The highest BCUT2D eigenvalue weighted by Gasteiger charge is 2.12. The molecule has 108 valence electrons. The van der Waals surface area contributed by atoms with E-state index in [1.54, 1.807) is 23.3 Å². The number of methoxy groups -OCH3 is 1. The Morgan fingerprint density at radius 1 is 1.33 bits per heavy atom. The average Bonchev–Trinajstić information content (AvgIpc) is 3.04. The summed E-state index contributed by atoms with van der Waals surface area (Å²) < 4.78 is 8.22. The van der Waals surface area contributed by atoms with Crippen molar-refractivity contribution in [3.05, 3.63) is 42.0 Å². The van der Waals surface area contributed by atoms with Gasteiger partial charge in [0.2, 0.25) is 0 Å². The molecule has 21 heavy (non-hydrogen) atoms. The van der Waals surface area contributed by atoms with Crippen molar-refractivity contribution < 1.29 is 9.53 Å². The smallest absolute Gasteiger partial charge is 0.358 e. The normalized spacial score (nSPS) is 11.0. The van der Waals surface area contributed by atoms with Crippen LogP contribution < -0.4 is 5.73 Å². The summed E-state index contributed by atoms with van der Waals surface area (Å²) in [5, 5.41) is 0. The molecule has 0 radical (unpaired) electrons. The lowest BCUT2D eigenvalue weighted by molar-refractivity contribution is 0.0594. The van der Waals surface area contributed by atoms with Crippen molar-refractivity contribution >= 4 is 17.4 Å². The Balaban J connectivity index is 1.97. The number of imidazole rings is 2. The summed E-state index contributed by atoms with van der Waals surface area (Å²) >= 11 is 0. The zero-order chi connectivity index (χ0) is 15.0. The molecule has 0 aliphatic heterocycles. The molecule has 0 saturated heterocycles. The molecule has 0 saturated carbocycles. The second-order valence-corrected chi connectivity index (χ2v) is 4.65. The van der Waals surface area contributed by atoms with E-state index in [0.717, 1.165) is 11.4 Å². The Morgan fingerprint density at radius 3 is 2.90 bits per heavy atom. The molecule has 0 aromatic carbocycles. The van der Waals surface area contributed by atoms with Gasteiger partial charge in [-0.05, 0) is 6.92 Å². The van der Waals surface area contributed by atoms with E-state index < -0.39 is 5.97 Å². The maximum Gasteiger partial charge on any atom is 0.358 e. The highest BCUT2D eigenvalue weighted by atomic mass is 16.5. The van der Waals surface area contributed by atoms with Crippen LogP contribution in [0, 0.1) is 6.92 Å². The largest absolute Gasteiger partial charge is 0.464 e. The van der Waals surface area contributed by atoms with Gasteiger partial charge in [-0.1, -0.05) is 0 Å². The Hall–Kier alpha value is -2.90. The highest BCUT2D eigenvalue weighted by Crippen LogP contribution is 2.13. The van der Waals surface area contributed by atoms with E-state index in [1.165, 1.54) is 7.11 Å². The number of rotatable bonds is 3. The minimum Gasteiger partial charge on any atom is -0.464 e. The number of esters is 1. The molecule has 2 N–H and O–H groups in total. The Kier molecular flexibility index (Phi) is 3.05. The van der Waals surface area contributed by atoms with Crippen molar-refractivity contribution in [3.63, 3.8) is 0 Å². The quantitative estimate of drug-likeness (QED) is 0.709. The van der Waals surface area contributed by atoms with Gasteiger partial charge in [0.25, 0.3) is 0 Å². The maximum atomic E-state index is 11.4. The monoisotopic (exact) mass is 286 g/mol. The van der Waals surface area contributed by atoms with Gasteiger partial charge in [-0.3, -0.25) is 4.98 Å². The van der Waals surface area contributed by atoms with Gasteiger partial charge in [0, 0.05) is 12.4 Å². The fourth-order valence-electron chi connectivity index (χ4n) is 2.15. The predicted molar refractivity (Wildman–Crippen MR) is 74.8 cm³/mol. The average molecular weight is 286 g/mol. The number of aryl methyl sites for hydroxylation is 1. The van der Waals surface area contributed by atoms with E-state index >= 15 is 0 Å². The van der Waals surface area contributed by atoms with Crippen LogP contribution in [0.3, 0.4) is 0 Å². The van der Waals surface area contributed by atoms with Crippen molar-refractivity contribution in [1.82, 2.24) is 23.9 Å². The van der Waals surface area contributed by atoms with Crippen molar-refractivity contribution in [2.75, 3.05) is 12.8 Å². The first-order valence-corrected chi connectivity index (χ1v) is 6.27. The van der Waals surface area contributed by atoms with Crippen LogP contribution in [0.15, 0.2) is 24.9 Å². The summed E-state index contributed by atoms with van der Waals surface area (Å²) in [5.74, 6) is -0.0364. The maximum absolute atomic E-state index is 11.4. The van der Waals surface area contributed by atoms with Crippen molar-refractivity contribution in [2.45, 2.75) is 13.5 Å². The standard InChI is InChI=1S/C13H14N6O2/c1-8-3-19-6-11(14)17-12(19)9(16-8)4-18-5-10(15-7-18)13(20)21-2/h3,5-7H,4,14H2,1-2H3. The van der Waals surface area contributed by atoms with Crippen molar-refractivity contribution in [2.24, 2.45) is 0 Å². The van der Waals surface area contributed by atoms with Gasteiger partial charge in [0.15, 0.2) is 11.3 Å². The Bertz CT molecular complexity index is 819. The molecule has 3 aromatic rings. The lowest BCUT2D eigenvalue weighted by atomic mass is 10.3. The summed E-state index contributed by atoms with van der Waals surface area (Å²) in [6.07, 6.45) is 6.76. The molecule has 0 aliphatic rings. The van der Waals surface area contributed by atoms with Crippen LogP contribution in [0.2, 0.25) is 0 Å². The number of fused-ring (bicyclic) bond motifs is 1. The lowest BCUT2D eigenvalue weighted by Crippen LogP contribution is -2.05. The zero-order valence-corrected chi connectivity index (χ0v) is 11.6. The summed E-state index contributed by atoms with van der Waals surface area (Å²) in [7, 11) is 1.32. The summed E-state index contributed by atoms with van der Waals surface area (Å²) in [5.41, 5.74) is 8.27. The molecule has 0 amide bonds. The number of carbonyl (C=O) groups is 1. The number of aromatic nitrogens is 5. The second-order valence-electron chi connectivity index (χ2n) is 4.65. The van der Waals surface area contributed by atoms with Crippen LogP contribution >= 0.6 is 0 Å².